The van der Waals surface area contributed by atoms with Crippen LogP contribution in [0.1, 0.15) is 43.7 Å². The maximum absolute atomic E-state index is 5.57. The summed E-state index contributed by atoms with van der Waals surface area (Å²) in [5.74, 6) is 1.68. The van der Waals surface area contributed by atoms with Crippen LogP contribution in [-0.4, -0.2) is 12.8 Å². The molecule has 2 aromatic rings. The van der Waals surface area contributed by atoms with E-state index in [9.17, 15) is 0 Å². The molecule has 0 radical (unpaired) electrons. The van der Waals surface area contributed by atoms with Crippen LogP contribution in [0.4, 0.5) is 11.4 Å². The molecule has 1 atom stereocenters. The number of hydrogen-bond acceptors (Lipinski definition) is 4. The second-order valence-electron chi connectivity index (χ2n) is 9.18. The van der Waals surface area contributed by atoms with E-state index in [0.717, 1.165) is 42.1 Å². The Hall–Kier alpha value is -2.62. The Kier molecular flexibility index (Phi) is 3.19. The van der Waals surface area contributed by atoms with E-state index in [1.807, 2.05) is 6.07 Å². The molecule has 4 aliphatic rings. The van der Waals surface area contributed by atoms with Gasteiger partial charge in [-0.25, -0.2) is 0 Å². The van der Waals surface area contributed by atoms with Gasteiger partial charge in [0.25, 0.3) is 0 Å². The number of allylic oxidation sites excluding steroid dienone is 1. The van der Waals surface area contributed by atoms with Crippen molar-refractivity contribution in [2.45, 2.75) is 50.5 Å². The summed E-state index contributed by atoms with van der Waals surface area (Å²) in [6.07, 6.45) is 6.05. The molecule has 144 valence electrons. The molecule has 0 saturated heterocycles. The first-order valence-electron chi connectivity index (χ1n) is 10.3. The van der Waals surface area contributed by atoms with Crippen molar-refractivity contribution >= 4 is 11.4 Å². The van der Waals surface area contributed by atoms with Crippen LogP contribution in [-0.2, 0) is 11.8 Å². The van der Waals surface area contributed by atoms with E-state index in [2.05, 4.69) is 54.5 Å². The van der Waals surface area contributed by atoms with Gasteiger partial charge in [-0.15, -0.1) is 0 Å². The summed E-state index contributed by atoms with van der Waals surface area (Å²) in [5.41, 5.74) is 6.69. The molecule has 1 unspecified atom stereocenters. The summed E-state index contributed by atoms with van der Waals surface area (Å²) in [4.78, 5) is 0. The van der Waals surface area contributed by atoms with Crippen LogP contribution >= 0.6 is 0 Å². The lowest BCUT2D eigenvalue weighted by atomic mass is 9.92. The number of ether oxygens (including phenoxy) is 2. The molecule has 28 heavy (non-hydrogen) atoms. The molecule has 2 N–H and O–H groups in total. The number of nitrogens with one attached hydrogen (secondary N) is 2. The maximum Gasteiger partial charge on any atom is 0.231 e. The van der Waals surface area contributed by atoms with Gasteiger partial charge in [0.05, 0.1) is 0 Å². The highest BCUT2D eigenvalue weighted by atomic mass is 16.7. The number of hydrogen-bond donors (Lipinski definition) is 2. The Balaban J connectivity index is 1.21. The first-order valence-corrected chi connectivity index (χ1v) is 10.3. The van der Waals surface area contributed by atoms with Crippen molar-refractivity contribution in [3.8, 4) is 11.5 Å². The van der Waals surface area contributed by atoms with Gasteiger partial charge in [-0.05, 0) is 79.0 Å². The molecular weight excluding hydrogens is 348 g/mol. The van der Waals surface area contributed by atoms with Crippen LogP contribution in [0.15, 0.2) is 48.7 Å². The average molecular weight is 374 g/mol. The minimum absolute atomic E-state index is 0.00225. The molecule has 2 aromatic carbocycles. The SMILES string of the molecule is C=C(Nc1ccc2c(c1)CC(C1(C)CC1)N2)C1(c2ccc3c(c2)OCO3)CC1. The summed E-state index contributed by atoms with van der Waals surface area (Å²) >= 11 is 0. The highest BCUT2D eigenvalue weighted by molar-refractivity contribution is 5.66. The summed E-state index contributed by atoms with van der Waals surface area (Å²) < 4.78 is 11.0. The lowest BCUT2D eigenvalue weighted by Crippen LogP contribution is -2.25. The average Bonchev–Trinajstić information content (AvgIpc) is 3.55. The molecule has 2 aliphatic carbocycles. The lowest BCUT2D eigenvalue weighted by molar-refractivity contribution is 0.174. The predicted octanol–water partition coefficient (Wildman–Crippen LogP) is 5.21. The van der Waals surface area contributed by atoms with Gasteiger partial charge >= 0.3 is 0 Å². The summed E-state index contributed by atoms with van der Waals surface area (Å²) in [6, 6.07) is 13.6. The van der Waals surface area contributed by atoms with E-state index in [1.165, 1.54) is 29.7 Å². The fourth-order valence-corrected chi connectivity index (χ4v) is 4.78. The smallest absolute Gasteiger partial charge is 0.231 e. The largest absolute Gasteiger partial charge is 0.454 e. The van der Waals surface area contributed by atoms with Crippen LogP contribution < -0.4 is 20.1 Å². The van der Waals surface area contributed by atoms with Gasteiger partial charge in [0.1, 0.15) is 0 Å². The molecule has 6 rings (SSSR count). The van der Waals surface area contributed by atoms with E-state index in [-0.39, 0.29) is 5.41 Å². The summed E-state index contributed by atoms with van der Waals surface area (Å²) in [6.45, 7) is 7.13. The van der Waals surface area contributed by atoms with Crippen LogP contribution in [0.2, 0.25) is 0 Å². The number of anilines is 2. The normalized spacial score (nSPS) is 24.2. The number of rotatable bonds is 5. The van der Waals surface area contributed by atoms with E-state index in [4.69, 9.17) is 9.47 Å². The van der Waals surface area contributed by atoms with E-state index >= 15 is 0 Å². The van der Waals surface area contributed by atoms with E-state index in [1.54, 1.807) is 0 Å². The van der Waals surface area contributed by atoms with Crippen LogP contribution in [0.3, 0.4) is 0 Å². The Morgan fingerprint density at radius 2 is 1.89 bits per heavy atom. The van der Waals surface area contributed by atoms with Crippen molar-refractivity contribution < 1.29 is 9.47 Å². The Morgan fingerprint density at radius 1 is 1.07 bits per heavy atom. The lowest BCUT2D eigenvalue weighted by Gasteiger charge is -2.21. The molecular formula is C24H26N2O2. The van der Waals surface area contributed by atoms with Gasteiger partial charge in [0, 0.05) is 28.5 Å². The Labute approximate surface area is 165 Å². The van der Waals surface area contributed by atoms with Crippen molar-refractivity contribution in [2.75, 3.05) is 17.4 Å². The van der Waals surface area contributed by atoms with Gasteiger partial charge in [-0.2, -0.15) is 0 Å². The third-order valence-electron chi connectivity index (χ3n) is 7.29. The molecule has 2 fully saturated rings. The summed E-state index contributed by atoms with van der Waals surface area (Å²) in [5, 5.41) is 7.35. The molecule has 2 heterocycles. The minimum Gasteiger partial charge on any atom is -0.454 e. The second kappa shape index (κ2) is 5.47. The third kappa shape index (κ3) is 2.43. The Bertz CT molecular complexity index is 988. The van der Waals surface area contributed by atoms with Gasteiger partial charge in [-0.1, -0.05) is 19.6 Å². The maximum atomic E-state index is 5.57. The summed E-state index contributed by atoms with van der Waals surface area (Å²) in [7, 11) is 0. The monoisotopic (exact) mass is 374 g/mol. The number of benzene rings is 2. The van der Waals surface area contributed by atoms with Gasteiger partial charge < -0.3 is 20.1 Å². The molecule has 0 aromatic heterocycles. The predicted molar refractivity (Wildman–Crippen MR) is 111 cm³/mol. The Morgan fingerprint density at radius 3 is 2.68 bits per heavy atom. The first-order chi connectivity index (χ1) is 13.6. The van der Waals surface area contributed by atoms with Crippen LogP contribution in [0.5, 0.6) is 11.5 Å². The molecule has 2 saturated carbocycles. The zero-order valence-electron chi connectivity index (χ0n) is 16.3. The quantitative estimate of drug-likeness (QED) is 0.754. The fraction of sp³-hybridized carbons (Fsp3) is 0.417. The molecule has 0 amide bonds. The first kappa shape index (κ1) is 16.3. The molecule has 4 nitrogen and oxygen atoms in total. The second-order valence-corrected chi connectivity index (χ2v) is 9.18. The third-order valence-corrected chi connectivity index (χ3v) is 7.29. The van der Waals surface area contributed by atoms with Crippen molar-refractivity contribution in [1.29, 1.82) is 0 Å². The topological polar surface area (TPSA) is 42.5 Å². The zero-order chi connectivity index (χ0) is 18.9. The standard InChI is InChI=1S/C24H26N2O2/c1-15(24(9-10-24)17-3-6-20-21(13-17)28-14-27-20)25-18-4-5-19-16(11-18)12-22(26-19)23(2)7-8-23/h3-6,11,13,22,25-26H,1,7-10,12,14H2,2H3. The molecule has 2 aliphatic heterocycles. The van der Waals surface area contributed by atoms with Gasteiger partial charge in [0.15, 0.2) is 11.5 Å². The molecule has 4 heteroatoms. The van der Waals surface area contributed by atoms with Crippen molar-refractivity contribution in [2.24, 2.45) is 5.41 Å². The zero-order valence-corrected chi connectivity index (χ0v) is 16.3. The van der Waals surface area contributed by atoms with Crippen molar-refractivity contribution in [3.05, 3.63) is 59.8 Å². The van der Waals surface area contributed by atoms with Crippen molar-refractivity contribution in [1.82, 2.24) is 0 Å². The molecule has 0 spiro atoms. The highest BCUT2D eigenvalue weighted by Gasteiger charge is 2.48. The van der Waals surface area contributed by atoms with E-state index in [0.29, 0.717) is 18.2 Å². The number of fused-ring (bicyclic) bond motifs is 2. The highest BCUT2D eigenvalue weighted by Crippen LogP contribution is 2.55. The fourth-order valence-electron chi connectivity index (χ4n) is 4.78. The minimum atomic E-state index is 0.00225. The van der Waals surface area contributed by atoms with Crippen LogP contribution in [0.25, 0.3) is 0 Å². The van der Waals surface area contributed by atoms with Gasteiger partial charge in [0.2, 0.25) is 6.79 Å². The van der Waals surface area contributed by atoms with E-state index < -0.39 is 0 Å². The van der Waals surface area contributed by atoms with Crippen molar-refractivity contribution in [3.63, 3.8) is 0 Å². The van der Waals surface area contributed by atoms with Gasteiger partial charge in [-0.3, -0.25) is 0 Å². The van der Waals surface area contributed by atoms with Crippen LogP contribution in [0, 0.1) is 5.41 Å². The molecule has 0 bridgehead atoms.